The summed E-state index contributed by atoms with van der Waals surface area (Å²) in [6, 6.07) is 6.03. The normalized spacial score (nSPS) is 19.1. The summed E-state index contributed by atoms with van der Waals surface area (Å²) in [5.41, 5.74) is 2.87. The van der Waals surface area contributed by atoms with Gasteiger partial charge in [0.1, 0.15) is 0 Å². The number of hydrogen-bond donors (Lipinski definition) is 0. The van der Waals surface area contributed by atoms with Crippen molar-refractivity contribution in [2.24, 2.45) is 0 Å². The van der Waals surface area contributed by atoms with Gasteiger partial charge in [-0.1, -0.05) is 73.5 Å². The van der Waals surface area contributed by atoms with Gasteiger partial charge in [0.05, 0.1) is 0 Å². The van der Waals surface area contributed by atoms with Gasteiger partial charge in [-0.3, -0.25) is 0 Å². The molecule has 1 unspecified atom stereocenters. The third kappa shape index (κ3) is 3.12. The van der Waals surface area contributed by atoms with Crippen LogP contribution in [0.4, 0.5) is 0 Å². The molecule has 0 spiro atoms. The SMILES string of the molecule is [2H]CC([2H])(C)c1cccc(C(C)(C)C[2H])c1C(C)(C)C. The smallest absolute Gasteiger partial charge is 0.0347 e. The van der Waals surface area contributed by atoms with E-state index in [1.54, 1.807) is 0 Å². The van der Waals surface area contributed by atoms with Crippen molar-refractivity contribution in [2.75, 3.05) is 0 Å². The van der Waals surface area contributed by atoms with E-state index in [2.05, 4.69) is 40.7 Å². The lowest BCUT2D eigenvalue weighted by atomic mass is 9.71. The Morgan fingerprint density at radius 2 is 1.76 bits per heavy atom. The zero-order valence-corrected chi connectivity index (χ0v) is 12.1. The maximum Gasteiger partial charge on any atom is 0.0347 e. The summed E-state index contributed by atoms with van der Waals surface area (Å²) in [6.07, 6.45) is 0. The van der Waals surface area contributed by atoms with Crippen LogP contribution in [0, 0.1) is 0 Å². The van der Waals surface area contributed by atoms with E-state index in [4.69, 9.17) is 4.11 Å². The van der Waals surface area contributed by atoms with Crippen LogP contribution in [-0.4, -0.2) is 0 Å². The van der Waals surface area contributed by atoms with E-state index in [9.17, 15) is 0 Å². The van der Waals surface area contributed by atoms with E-state index in [-0.39, 0.29) is 17.7 Å². The van der Waals surface area contributed by atoms with E-state index in [1.807, 2.05) is 19.1 Å². The number of hydrogen-bond acceptors (Lipinski definition) is 0. The van der Waals surface area contributed by atoms with Gasteiger partial charge in [0.2, 0.25) is 0 Å². The third-order valence-corrected chi connectivity index (χ3v) is 3.00. The lowest BCUT2D eigenvalue weighted by Crippen LogP contribution is -2.24. The van der Waals surface area contributed by atoms with Crippen molar-refractivity contribution in [1.82, 2.24) is 0 Å². The molecule has 0 heteroatoms. The van der Waals surface area contributed by atoms with E-state index >= 15 is 0 Å². The van der Waals surface area contributed by atoms with Crippen molar-refractivity contribution in [3.63, 3.8) is 0 Å². The summed E-state index contributed by atoms with van der Waals surface area (Å²) in [6.45, 7) is 12.8. The predicted octanol–water partition coefficient (Wildman–Crippen LogP) is 5.41. The van der Waals surface area contributed by atoms with Crippen molar-refractivity contribution in [2.45, 2.75) is 72.1 Å². The first-order valence-corrected chi connectivity index (χ1v) is 6.20. The molecule has 0 heterocycles. The monoisotopic (exact) mass is 235 g/mol. The Kier molecular flexibility index (Phi) is 2.68. The molecule has 0 aliphatic rings. The summed E-state index contributed by atoms with van der Waals surface area (Å²) in [4.78, 5) is 0. The topological polar surface area (TPSA) is 0 Å². The fraction of sp³-hybridized carbons (Fsp3) is 0.647. The standard InChI is InChI=1S/C17H28/c1-12(2)13-10-9-11-14(16(3,4)5)15(13)17(6,7)8/h9-12H,1-8H3/i1D,3D,12D. The van der Waals surface area contributed by atoms with Crippen molar-refractivity contribution in [1.29, 1.82) is 0 Å². The van der Waals surface area contributed by atoms with Crippen LogP contribution in [0.2, 0.25) is 0 Å². The van der Waals surface area contributed by atoms with Gasteiger partial charge in [-0.2, -0.15) is 0 Å². The van der Waals surface area contributed by atoms with E-state index in [0.717, 1.165) is 16.7 Å². The van der Waals surface area contributed by atoms with Gasteiger partial charge in [-0.05, 0) is 33.4 Å². The molecule has 0 saturated carbocycles. The second-order valence-corrected chi connectivity index (χ2v) is 6.64. The molecular weight excluding hydrogens is 204 g/mol. The highest BCUT2D eigenvalue weighted by Crippen LogP contribution is 2.38. The van der Waals surface area contributed by atoms with Gasteiger partial charge in [0.25, 0.3) is 0 Å². The molecule has 17 heavy (non-hydrogen) atoms. The average molecular weight is 235 g/mol. The van der Waals surface area contributed by atoms with Crippen molar-refractivity contribution in [3.8, 4) is 0 Å². The molecule has 0 fully saturated rings. The minimum absolute atomic E-state index is 0.0425. The highest BCUT2D eigenvalue weighted by Gasteiger charge is 2.27. The van der Waals surface area contributed by atoms with Crippen LogP contribution in [0.3, 0.4) is 0 Å². The van der Waals surface area contributed by atoms with Gasteiger partial charge in [-0.15, -0.1) is 0 Å². The number of benzene rings is 1. The maximum atomic E-state index is 8.46. The molecule has 0 radical (unpaired) electrons. The minimum atomic E-state index is -0.906. The van der Waals surface area contributed by atoms with Crippen molar-refractivity contribution >= 4 is 0 Å². The van der Waals surface area contributed by atoms with Crippen LogP contribution < -0.4 is 0 Å². The molecule has 0 N–H and O–H groups in total. The van der Waals surface area contributed by atoms with E-state index in [0.29, 0.717) is 6.90 Å². The van der Waals surface area contributed by atoms with Crippen LogP contribution in [0.1, 0.15) is 82.0 Å². The molecule has 0 amide bonds. The lowest BCUT2D eigenvalue weighted by molar-refractivity contribution is 0.521. The summed E-state index contributed by atoms with van der Waals surface area (Å²) >= 11 is 0. The van der Waals surface area contributed by atoms with Gasteiger partial charge in [0, 0.05) is 4.11 Å². The minimum Gasteiger partial charge on any atom is -0.0617 e. The zero-order chi connectivity index (χ0) is 15.8. The molecule has 0 aliphatic heterocycles. The molecule has 96 valence electrons. The highest BCUT2D eigenvalue weighted by molar-refractivity contribution is 5.44. The Hall–Kier alpha value is -0.780. The molecule has 0 aromatic heterocycles. The Balaban J connectivity index is 3.69. The molecule has 1 rings (SSSR count). The molecule has 1 aromatic carbocycles. The van der Waals surface area contributed by atoms with Gasteiger partial charge in [-0.25, -0.2) is 0 Å². The van der Waals surface area contributed by atoms with Gasteiger partial charge < -0.3 is 0 Å². The van der Waals surface area contributed by atoms with Crippen LogP contribution in [-0.2, 0) is 10.8 Å². The summed E-state index contributed by atoms with van der Waals surface area (Å²) in [5.74, 6) is -0.906. The molecule has 0 bridgehead atoms. The van der Waals surface area contributed by atoms with Crippen LogP contribution in [0.5, 0.6) is 0 Å². The van der Waals surface area contributed by atoms with E-state index in [1.165, 1.54) is 0 Å². The Morgan fingerprint density at radius 3 is 2.24 bits per heavy atom. The average Bonchev–Trinajstić information content (AvgIpc) is 2.36. The Morgan fingerprint density at radius 1 is 1.12 bits per heavy atom. The molecule has 1 aromatic rings. The lowest BCUT2D eigenvalue weighted by Gasteiger charge is -2.33. The fourth-order valence-corrected chi connectivity index (χ4v) is 2.28. The predicted molar refractivity (Wildman–Crippen MR) is 77.9 cm³/mol. The zero-order valence-electron chi connectivity index (χ0n) is 15.1. The third-order valence-electron chi connectivity index (χ3n) is 3.00. The second-order valence-electron chi connectivity index (χ2n) is 6.64. The van der Waals surface area contributed by atoms with Crippen LogP contribution >= 0.6 is 0 Å². The summed E-state index contributed by atoms with van der Waals surface area (Å²) < 4.78 is 24.0. The first kappa shape index (κ1) is 10.2. The van der Waals surface area contributed by atoms with Crippen LogP contribution in [0.25, 0.3) is 0 Å². The summed E-state index contributed by atoms with van der Waals surface area (Å²) in [5, 5.41) is 0. The van der Waals surface area contributed by atoms with Crippen molar-refractivity contribution in [3.05, 3.63) is 34.9 Å². The molecular formula is C17H28. The number of rotatable bonds is 1. The van der Waals surface area contributed by atoms with Crippen LogP contribution in [0.15, 0.2) is 18.2 Å². The second kappa shape index (κ2) is 4.48. The van der Waals surface area contributed by atoms with E-state index < -0.39 is 5.89 Å². The first-order chi connectivity index (χ1) is 8.97. The summed E-state index contributed by atoms with van der Waals surface area (Å²) in [7, 11) is 0. The quantitative estimate of drug-likeness (QED) is 0.611. The van der Waals surface area contributed by atoms with Crippen molar-refractivity contribution < 1.29 is 4.11 Å². The largest absolute Gasteiger partial charge is 0.0617 e. The molecule has 0 saturated heterocycles. The molecule has 0 nitrogen and oxygen atoms in total. The maximum absolute atomic E-state index is 8.46. The highest BCUT2D eigenvalue weighted by atomic mass is 14.3. The van der Waals surface area contributed by atoms with Gasteiger partial charge in [0.15, 0.2) is 0 Å². The van der Waals surface area contributed by atoms with Gasteiger partial charge >= 0.3 is 0 Å². The Bertz CT molecular complexity index is 433. The molecule has 0 aliphatic carbocycles. The fourth-order valence-electron chi connectivity index (χ4n) is 2.28. The molecule has 1 atom stereocenters. The Labute approximate surface area is 112 Å². The first-order valence-electron chi connectivity index (χ1n) is 8.12.